The van der Waals surface area contributed by atoms with Gasteiger partial charge in [-0.1, -0.05) is 39.0 Å². The third-order valence-electron chi connectivity index (χ3n) is 2.53. The van der Waals surface area contributed by atoms with Crippen LogP contribution in [0.5, 0.6) is 0 Å². The molecule has 0 unspecified atom stereocenters. The zero-order valence-electron chi connectivity index (χ0n) is 9.77. The van der Waals surface area contributed by atoms with Gasteiger partial charge in [-0.2, -0.15) is 0 Å². The monoisotopic (exact) mass is 199 g/mol. The molecule has 0 spiro atoms. The Morgan fingerprint density at radius 3 is 2.15 bits per heavy atom. The Balaban J connectivity index is 3.86. The van der Waals surface area contributed by atoms with Crippen molar-refractivity contribution in [1.82, 2.24) is 4.57 Å². The maximum absolute atomic E-state index is 2.63. The molecule has 0 amide bonds. The molecule has 1 nitrogen and oxygen atoms in total. The average Bonchev–Trinajstić information content (AvgIpc) is 2.17. The Hall–Kier alpha value is -0.0831. The Labute approximate surface area is 86.1 Å². The van der Waals surface area contributed by atoms with Crippen molar-refractivity contribution >= 4 is 9.68 Å². The zero-order valence-corrected chi connectivity index (χ0v) is 11.2. The molecule has 0 fully saturated rings. The summed E-state index contributed by atoms with van der Waals surface area (Å²) < 4.78 is 2.63. The lowest BCUT2D eigenvalue weighted by molar-refractivity contribution is 0.469. The number of nitrogens with zero attached hydrogens (tertiary/aromatic N) is 1. The van der Waals surface area contributed by atoms with Crippen LogP contribution in [0, 0.1) is 0 Å². The number of hydrogen-bond acceptors (Lipinski definition) is 1. The fourth-order valence-electron chi connectivity index (χ4n) is 1.49. The van der Waals surface area contributed by atoms with Gasteiger partial charge in [0.1, 0.15) is 9.68 Å². The van der Waals surface area contributed by atoms with Crippen LogP contribution >= 0.6 is 0 Å². The molecular weight excluding hydrogens is 174 g/mol. The summed E-state index contributed by atoms with van der Waals surface area (Å²) in [7, 11) is -0.0838. The highest BCUT2D eigenvalue weighted by atomic mass is 28.2. The maximum Gasteiger partial charge on any atom is 0.119 e. The van der Waals surface area contributed by atoms with Gasteiger partial charge in [0.25, 0.3) is 0 Å². The van der Waals surface area contributed by atoms with E-state index in [2.05, 4.69) is 38.0 Å². The first kappa shape index (κ1) is 12.9. The van der Waals surface area contributed by atoms with Crippen LogP contribution in [0.2, 0.25) is 0 Å². The van der Waals surface area contributed by atoms with Gasteiger partial charge in [-0.3, -0.25) is 0 Å². The normalized spacial score (nSPS) is 11.5. The van der Waals surface area contributed by atoms with E-state index in [1.165, 1.54) is 32.4 Å². The lowest BCUT2D eigenvalue weighted by atomic mass is 10.2. The molecule has 0 aromatic rings. The molecule has 0 N–H and O–H groups in total. The Kier molecular flexibility index (Phi) is 8.46. The molecular formula is C11H25NSi. The van der Waals surface area contributed by atoms with Crippen LogP contribution in [-0.2, 0) is 0 Å². The molecule has 0 bridgehead atoms. The van der Waals surface area contributed by atoms with Crippen LogP contribution < -0.4 is 0 Å². The van der Waals surface area contributed by atoms with E-state index in [9.17, 15) is 0 Å². The van der Waals surface area contributed by atoms with E-state index in [0.717, 1.165) is 0 Å². The highest BCUT2D eigenvalue weighted by Gasteiger charge is 1.98. The summed E-state index contributed by atoms with van der Waals surface area (Å²) in [6.45, 7) is 11.6. The number of rotatable bonds is 7. The summed E-state index contributed by atoms with van der Waals surface area (Å²) >= 11 is 0. The van der Waals surface area contributed by atoms with Crippen molar-refractivity contribution in [2.75, 3.05) is 13.1 Å². The summed E-state index contributed by atoms with van der Waals surface area (Å²) in [5.74, 6) is 0. The van der Waals surface area contributed by atoms with Crippen molar-refractivity contribution < 1.29 is 0 Å². The molecule has 0 saturated carbocycles. The molecule has 0 heterocycles. The van der Waals surface area contributed by atoms with E-state index in [4.69, 9.17) is 0 Å². The van der Waals surface area contributed by atoms with Gasteiger partial charge in [0.15, 0.2) is 0 Å². The minimum atomic E-state index is -0.0838. The first-order valence-corrected chi connectivity index (χ1v) is 7.13. The molecule has 0 radical (unpaired) electrons. The molecule has 0 aromatic heterocycles. The van der Waals surface area contributed by atoms with Crippen LogP contribution in [0.1, 0.15) is 47.0 Å². The van der Waals surface area contributed by atoms with Gasteiger partial charge in [-0.15, -0.1) is 0 Å². The highest BCUT2D eigenvalue weighted by Crippen LogP contribution is 2.04. The Morgan fingerprint density at radius 1 is 1.15 bits per heavy atom. The molecule has 13 heavy (non-hydrogen) atoms. The van der Waals surface area contributed by atoms with E-state index in [1.807, 2.05) is 0 Å². The van der Waals surface area contributed by atoms with Gasteiger partial charge in [-0.05, 0) is 32.4 Å². The van der Waals surface area contributed by atoms with Crippen molar-refractivity contribution in [2.45, 2.75) is 47.0 Å². The largest absolute Gasteiger partial charge is 0.326 e. The van der Waals surface area contributed by atoms with Crippen LogP contribution in [0.15, 0.2) is 11.3 Å². The second kappa shape index (κ2) is 8.51. The maximum atomic E-state index is 2.63. The number of allylic oxidation sites excluding steroid dienone is 1. The van der Waals surface area contributed by atoms with Gasteiger partial charge < -0.3 is 4.57 Å². The van der Waals surface area contributed by atoms with Crippen LogP contribution in [-0.4, -0.2) is 27.3 Å². The summed E-state index contributed by atoms with van der Waals surface area (Å²) in [6, 6.07) is 0. The third-order valence-corrected chi connectivity index (χ3v) is 4.57. The summed E-state index contributed by atoms with van der Waals surface area (Å²) in [5.41, 5.74) is 4.19. The minimum Gasteiger partial charge on any atom is -0.326 e. The second-order valence-corrected chi connectivity index (χ2v) is 5.13. The van der Waals surface area contributed by atoms with Crippen LogP contribution in [0.3, 0.4) is 0 Å². The Bertz CT molecular complexity index is 137. The first-order chi connectivity index (χ1) is 6.28. The fourth-order valence-corrected chi connectivity index (χ4v) is 3.34. The topological polar surface area (TPSA) is 3.24 Å². The highest BCUT2D eigenvalue weighted by molar-refractivity contribution is 6.38. The van der Waals surface area contributed by atoms with E-state index in [0.29, 0.717) is 0 Å². The Morgan fingerprint density at radius 2 is 1.77 bits per heavy atom. The van der Waals surface area contributed by atoms with Gasteiger partial charge >= 0.3 is 0 Å². The van der Waals surface area contributed by atoms with Crippen molar-refractivity contribution in [1.29, 1.82) is 0 Å². The predicted octanol–water partition coefficient (Wildman–Crippen LogP) is 2.51. The molecule has 0 atom stereocenters. The van der Waals surface area contributed by atoms with Crippen molar-refractivity contribution in [3.8, 4) is 0 Å². The summed E-state index contributed by atoms with van der Waals surface area (Å²) in [4.78, 5) is 0. The second-order valence-electron chi connectivity index (χ2n) is 3.46. The lowest BCUT2D eigenvalue weighted by Gasteiger charge is -2.17. The van der Waals surface area contributed by atoms with E-state index < -0.39 is 0 Å². The summed E-state index contributed by atoms with van der Waals surface area (Å²) in [5, 5.41) is 0. The standard InChI is InChI=1S/C11H25NSi/c1-5-9-12(8-4)13-10-11(6-2)7-3/h10H,5-9,13H2,1-4H3. The van der Waals surface area contributed by atoms with Crippen LogP contribution in [0.4, 0.5) is 0 Å². The minimum absolute atomic E-state index is 0.0838. The predicted molar refractivity (Wildman–Crippen MR) is 64.7 cm³/mol. The van der Waals surface area contributed by atoms with Crippen molar-refractivity contribution in [3.63, 3.8) is 0 Å². The molecule has 0 aliphatic rings. The molecule has 0 saturated heterocycles. The quantitative estimate of drug-likeness (QED) is 0.570. The average molecular weight is 199 g/mol. The first-order valence-electron chi connectivity index (χ1n) is 5.68. The summed E-state index contributed by atoms with van der Waals surface area (Å²) in [6.07, 6.45) is 3.78. The lowest BCUT2D eigenvalue weighted by Crippen LogP contribution is -2.27. The number of hydrogen-bond donors (Lipinski definition) is 0. The van der Waals surface area contributed by atoms with Crippen molar-refractivity contribution in [2.24, 2.45) is 0 Å². The smallest absolute Gasteiger partial charge is 0.119 e. The molecule has 2 heteroatoms. The van der Waals surface area contributed by atoms with Crippen LogP contribution in [0.25, 0.3) is 0 Å². The van der Waals surface area contributed by atoms with E-state index in [-0.39, 0.29) is 9.68 Å². The van der Waals surface area contributed by atoms with E-state index in [1.54, 1.807) is 5.57 Å². The van der Waals surface area contributed by atoms with Gasteiger partial charge in [0.2, 0.25) is 0 Å². The molecule has 0 aliphatic carbocycles. The molecule has 0 aromatic carbocycles. The zero-order chi connectivity index (χ0) is 10.1. The molecule has 0 rings (SSSR count). The fraction of sp³-hybridized carbons (Fsp3) is 0.818. The molecule has 78 valence electrons. The van der Waals surface area contributed by atoms with Gasteiger partial charge in [0, 0.05) is 0 Å². The SMILES string of the molecule is CCCN(CC)[SiH2]C=C(CC)CC. The van der Waals surface area contributed by atoms with E-state index >= 15 is 0 Å². The van der Waals surface area contributed by atoms with Gasteiger partial charge in [-0.25, -0.2) is 0 Å². The van der Waals surface area contributed by atoms with Gasteiger partial charge in [0.05, 0.1) is 0 Å². The van der Waals surface area contributed by atoms with Crippen molar-refractivity contribution in [3.05, 3.63) is 11.3 Å². The molecule has 0 aliphatic heterocycles. The third kappa shape index (κ3) is 6.05.